The summed E-state index contributed by atoms with van der Waals surface area (Å²) in [6, 6.07) is 5.93. The minimum atomic E-state index is -0.209. The summed E-state index contributed by atoms with van der Waals surface area (Å²) in [6.07, 6.45) is 3.02. The number of likely N-dealkylation sites (tertiary alicyclic amines) is 1. The van der Waals surface area contributed by atoms with Gasteiger partial charge in [-0.3, -0.25) is 9.88 Å². The van der Waals surface area contributed by atoms with Crippen molar-refractivity contribution in [2.45, 2.75) is 52.0 Å². The predicted octanol–water partition coefficient (Wildman–Crippen LogP) is 4.11. The van der Waals surface area contributed by atoms with Gasteiger partial charge in [-0.2, -0.15) is 0 Å². The van der Waals surface area contributed by atoms with Crippen molar-refractivity contribution in [2.75, 3.05) is 19.7 Å². The third kappa shape index (κ3) is 3.32. The van der Waals surface area contributed by atoms with Crippen molar-refractivity contribution < 1.29 is 9.13 Å². The van der Waals surface area contributed by atoms with E-state index in [0.717, 1.165) is 49.3 Å². The van der Waals surface area contributed by atoms with Crippen LogP contribution in [0.1, 0.15) is 59.9 Å². The molecule has 4 heterocycles. The fourth-order valence-electron chi connectivity index (χ4n) is 4.28. The number of hydrogen-bond donors (Lipinski definition) is 0. The molecule has 0 bridgehead atoms. The smallest absolute Gasteiger partial charge is 0.217 e. The second kappa shape index (κ2) is 6.95. The van der Waals surface area contributed by atoms with Gasteiger partial charge in [-0.15, -0.1) is 0 Å². The summed E-state index contributed by atoms with van der Waals surface area (Å²) in [7, 11) is 0. The molecule has 0 aliphatic carbocycles. The zero-order chi connectivity index (χ0) is 18.3. The number of hydrogen-bond acceptors (Lipinski definition) is 4. The van der Waals surface area contributed by atoms with E-state index in [4.69, 9.17) is 4.74 Å². The molecule has 138 valence electrons. The van der Waals surface area contributed by atoms with Crippen molar-refractivity contribution in [3.63, 3.8) is 0 Å². The lowest BCUT2D eigenvalue weighted by atomic mass is 9.89. The van der Waals surface area contributed by atoms with Crippen molar-refractivity contribution >= 4 is 0 Å². The van der Waals surface area contributed by atoms with Crippen molar-refractivity contribution in [1.82, 2.24) is 14.9 Å². The van der Waals surface area contributed by atoms with E-state index in [-0.39, 0.29) is 11.9 Å². The second-order valence-electron chi connectivity index (χ2n) is 7.61. The molecule has 1 fully saturated rings. The van der Waals surface area contributed by atoms with Gasteiger partial charge in [0, 0.05) is 29.9 Å². The molecule has 2 aliphatic rings. The fourth-order valence-corrected chi connectivity index (χ4v) is 4.28. The predicted molar refractivity (Wildman–Crippen MR) is 99.1 cm³/mol. The first-order chi connectivity index (χ1) is 12.5. The molecule has 4 nitrogen and oxygen atoms in total. The van der Waals surface area contributed by atoms with Crippen LogP contribution in [0.5, 0.6) is 5.88 Å². The summed E-state index contributed by atoms with van der Waals surface area (Å²) < 4.78 is 20.2. The summed E-state index contributed by atoms with van der Waals surface area (Å²) in [5.41, 5.74) is 4.87. The van der Waals surface area contributed by atoms with Crippen LogP contribution in [0.4, 0.5) is 4.39 Å². The number of halogens is 1. The fraction of sp³-hybridized carbons (Fsp3) is 0.524. The Morgan fingerprint density at radius 2 is 1.96 bits per heavy atom. The van der Waals surface area contributed by atoms with Gasteiger partial charge in [0.1, 0.15) is 5.82 Å². The van der Waals surface area contributed by atoms with Crippen LogP contribution in [0.2, 0.25) is 0 Å². The molecule has 0 amide bonds. The van der Waals surface area contributed by atoms with Crippen LogP contribution in [-0.4, -0.2) is 34.6 Å². The highest BCUT2D eigenvalue weighted by Crippen LogP contribution is 2.34. The molecule has 0 radical (unpaired) electrons. The molecule has 2 atom stereocenters. The quantitative estimate of drug-likeness (QED) is 0.831. The van der Waals surface area contributed by atoms with Crippen LogP contribution in [-0.2, 0) is 6.42 Å². The minimum absolute atomic E-state index is 0.0590. The zero-order valence-corrected chi connectivity index (χ0v) is 15.8. The third-order valence-electron chi connectivity index (χ3n) is 5.62. The SMILES string of the molecule is Cc1cc([C@H]2CCCN(C(C)c3nc4c(cc3F)CCO4)C2)cc(C)n1. The van der Waals surface area contributed by atoms with E-state index >= 15 is 0 Å². The number of aromatic nitrogens is 2. The first-order valence-corrected chi connectivity index (χ1v) is 9.52. The summed E-state index contributed by atoms with van der Waals surface area (Å²) >= 11 is 0. The monoisotopic (exact) mass is 355 g/mol. The largest absolute Gasteiger partial charge is 0.477 e. The highest BCUT2D eigenvalue weighted by atomic mass is 19.1. The zero-order valence-electron chi connectivity index (χ0n) is 15.8. The molecule has 5 heteroatoms. The first-order valence-electron chi connectivity index (χ1n) is 9.52. The maximum absolute atomic E-state index is 14.6. The van der Waals surface area contributed by atoms with Crippen molar-refractivity contribution in [3.8, 4) is 5.88 Å². The van der Waals surface area contributed by atoms with E-state index in [9.17, 15) is 4.39 Å². The molecule has 0 N–H and O–H groups in total. The molecule has 0 spiro atoms. The Morgan fingerprint density at radius 3 is 2.73 bits per heavy atom. The van der Waals surface area contributed by atoms with Crippen molar-refractivity contribution in [2.24, 2.45) is 0 Å². The van der Waals surface area contributed by atoms with Crippen LogP contribution >= 0.6 is 0 Å². The van der Waals surface area contributed by atoms with E-state index in [1.54, 1.807) is 6.07 Å². The van der Waals surface area contributed by atoms with Crippen molar-refractivity contribution in [3.05, 3.63) is 52.2 Å². The van der Waals surface area contributed by atoms with Gasteiger partial charge >= 0.3 is 0 Å². The van der Waals surface area contributed by atoms with Gasteiger partial charge in [0.25, 0.3) is 0 Å². The Balaban J connectivity index is 1.56. The molecular formula is C21H26FN3O. The molecule has 0 aromatic carbocycles. The number of ether oxygens (including phenoxy) is 1. The summed E-state index contributed by atoms with van der Waals surface area (Å²) in [6.45, 7) is 8.64. The Kier molecular flexibility index (Phi) is 4.65. The number of pyridine rings is 2. The Morgan fingerprint density at radius 1 is 1.19 bits per heavy atom. The van der Waals surface area contributed by atoms with Gasteiger partial charge in [-0.1, -0.05) is 0 Å². The average Bonchev–Trinajstić information content (AvgIpc) is 3.07. The van der Waals surface area contributed by atoms with Crippen LogP contribution in [0.25, 0.3) is 0 Å². The molecule has 1 saturated heterocycles. The van der Waals surface area contributed by atoms with Gasteiger partial charge in [-0.05, 0) is 69.8 Å². The minimum Gasteiger partial charge on any atom is -0.477 e. The Hall–Kier alpha value is -2.01. The molecule has 26 heavy (non-hydrogen) atoms. The summed E-state index contributed by atoms with van der Waals surface area (Å²) in [4.78, 5) is 11.3. The Bertz CT molecular complexity index is 803. The number of piperidine rings is 1. The van der Waals surface area contributed by atoms with Crippen LogP contribution in [0.15, 0.2) is 18.2 Å². The lowest BCUT2D eigenvalue weighted by Gasteiger charge is -2.37. The molecule has 4 rings (SSSR count). The van der Waals surface area contributed by atoms with Gasteiger partial charge in [0.2, 0.25) is 5.88 Å². The van der Waals surface area contributed by atoms with Gasteiger partial charge in [-0.25, -0.2) is 9.37 Å². The Labute approximate surface area is 154 Å². The maximum atomic E-state index is 14.6. The van der Waals surface area contributed by atoms with E-state index in [1.165, 1.54) is 5.56 Å². The topological polar surface area (TPSA) is 38.2 Å². The molecule has 0 saturated carbocycles. The second-order valence-corrected chi connectivity index (χ2v) is 7.61. The van der Waals surface area contributed by atoms with Crippen LogP contribution < -0.4 is 4.74 Å². The van der Waals surface area contributed by atoms with E-state index < -0.39 is 0 Å². The third-order valence-corrected chi connectivity index (χ3v) is 5.62. The maximum Gasteiger partial charge on any atom is 0.217 e. The highest BCUT2D eigenvalue weighted by Gasteiger charge is 2.29. The molecule has 2 aromatic rings. The van der Waals surface area contributed by atoms with E-state index in [1.807, 2.05) is 13.8 Å². The number of fused-ring (bicyclic) bond motifs is 1. The number of aryl methyl sites for hydroxylation is 2. The van der Waals surface area contributed by atoms with Gasteiger partial charge in [0.05, 0.1) is 18.3 Å². The highest BCUT2D eigenvalue weighted by molar-refractivity contribution is 5.33. The van der Waals surface area contributed by atoms with E-state index in [0.29, 0.717) is 24.1 Å². The molecule has 2 aliphatic heterocycles. The lowest BCUT2D eigenvalue weighted by Crippen LogP contribution is -2.37. The number of nitrogens with zero attached hydrogens (tertiary/aromatic N) is 3. The number of rotatable bonds is 3. The normalized spacial score (nSPS) is 21.3. The first kappa shape index (κ1) is 17.4. The molecular weight excluding hydrogens is 329 g/mol. The van der Waals surface area contributed by atoms with Crippen LogP contribution in [0.3, 0.4) is 0 Å². The van der Waals surface area contributed by atoms with Crippen LogP contribution in [0, 0.1) is 19.7 Å². The standard InChI is InChI=1S/C21H26FN3O/c1-13-9-18(10-14(2)23-13)17-5-4-7-25(12-17)15(3)20-19(22)11-16-6-8-26-21(16)24-20/h9-11,15,17H,4-8,12H2,1-3H3/t15?,17-/m0/s1. The molecule has 2 aromatic heterocycles. The van der Waals surface area contributed by atoms with Crippen molar-refractivity contribution in [1.29, 1.82) is 0 Å². The van der Waals surface area contributed by atoms with Gasteiger partial charge in [0.15, 0.2) is 0 Å². The van der Waals surface area contributed by atoms with Gasteiger partial charge < -0.3 is 4.74 Å². The summed E-state index contributed by atoms with van der Waals surface area (Å²) in [5.74, 6) is 0.863. The van der Waals surface area contributed by atoms with E-state index in [2.05, 4.69) is 33.9 Å². The lowest BCUT2D eigenvalue weighted by molar-refractivity contribution is 0.152. The molecule has 1 unspecified atom stereocenters. The average molecular weight is 355 g/mol. The summed E-state index contributed by atoms with van der Waals surface area (Å²) in [5, 5.41) is 0.